The summed E-state index contributed by atoms with van der Waals surface area (Å²) in [6.07, 6.45) is 10.1. The molecule has 3 heteroatoms. The summed E-state index contributed by atoms with van der Waals surface area (Å²) in [5, 5.41) is 3.75. The van der Waals surface area contributed by atoms with Gasteiger partial charge in [-0.15, -0.1) is 0 Å². The number of rotatable bonds is 4. The van der Waals surface area contributed by atoms with Gasteiger partial charge in [-0.3, -0.25) is 0 Å². The zero-order valence-corrected chi connectivity index (χ0v) is 14.0. The first-order valence-electron chi connectivity index (χ1n) is 9.11. The Labute approximate surface area is 130 Å². The van der Waals surface area contributed by atoms with Crippen LogP contribution < -0.4 is 5.32 Å². The lowest BCUT2D eigenvalue weighted by Gasteiger charge is -2.48. The Kier molecular flexibility index (Phi) is 4.92. The molecule has 1 saturated carbocycles. The van der Waals surface area contributed by atoms with Gasteiger partial charge in [0.25, 0.3) is 0 Å². The predicted octanol–water partition coefficient (Wildman–Crippen LogP) is 3.52. The molecule has 122 valence electrons. The second-order valence-corrected chi connectivity index (χ2v) is 7.88. The van der Waals surface area contributed by atoms with Gasteiger partial charge in [-0.25, -0.2) is 0 Å². The Balaban J connectivity index is 1.60. The van der Waals surface area contributed by atoms with Crippen molar-refractivity contribution >= 4 is 0 Å². The van der Waals surface area contributed by atoms with Crippen molar-refractivity contribution in [2.45, 2.75) is 76.9 Å². The van der Waals surface area contributed by atoms with Crippen molar-refractivity contribution < 1.29 is 9.47 Å². The Morgan fingerprint density at radius 2 is 1.86 bits per heavy atom. The Hall–Kier alpha value is -0.120. The Morgan fingerprint density at radius 1 is 1.05 bits per heavy atom. The molecule has 2 saturated heterocycles. The van der Waals surface area contributed by atoms with Gasteiger partial charge in [0.05, 0.1) is 5.60 Å². The molecule has 2 aliphatic heterocycles. The van der Waals surface area contributed by atoms with Crippen LogP contribution in [-0.2, 0) is 9.47 Å². The Morgan fingerprint density at radius 3 is 2.62 bits per heavy atom. The fraction of sp³-hybridized carbons (Fsp3) is 1.00. The second-order valence-electron chi connectivity index (χ2n) is 7.88. The van der Waals surface area contributed by atoms with Gasteiger partial charge in [-0.05, 0) is 69.2 Å². The molecule has 3 rings (SSSR count). The molecule has 0 aromatic heterocycles. The van der Waals surface area contributed by atoms with E-state index in [1.54, 1.807) is 0 Å². The van der Waals surface area contributed by atoms with Crippen molar-refractivity contribution in [3.05, 3.63) is 0 Å². The van der Waals surface area contributed by atoms with Crippen LogP contribution >= 0.6 is 0 Å². The number of hydrogen-bond donors (Lipinski definition) is 1. The highest BCUT2D eigenvalue weighted by Crippen LogP contribution is 2.51. The molecule has 0 aromatic rings. The number of nitrogens with one attached hydrogen (secondary N) is 1. The lowest BCUT2D eigenvalue weighted by atomic mass is 9.67. The third-order valence-corrected chi connectivity index (χ3v) is 6.34. The number of ether oxygens (including phenoxy) is 2. The summed E-state index contributed by atoms with van der Waals surface area (Å²) in [6, 6.07) is 0.753. The van der Waals surface area contributed by atoms with E-state index in [4.69, 9.17) is 9.47 Å². The molecule has 1 N–H and O–H groups in total. The maximum absolute atomic E-state index is 6.24. The van der Waals surface area contributed by atoms with Gasteiger partial charge in [0.2, 0.25) is 0 Å². The zero-order chi connectivity index (χ0) is 14.8. The average Bonchev–Trinajstić information content (AvgIpc) is 2.89. The summed E-state index contributed by atoms with van der Waals surface area (Å²) < 4.78 is 11.8. The van der Waals surface area contributed by atoms with Crippen molar-refractivity contribution in [1.82, 2.24) is 5.32 Å². The summed E-state index contributed by atoms with van der Waals surface area (Å²) in [6.45, 7) is 8.73. The van der Waals surface area contributed by atoms with Gasteiger partial charge >= 0.3 is 0 Å². The topological polar surface area (TPSA) is 30.5 Å². The fourth-order valence-electron chi connectivity index (χ4n) is 4.88. The molecule has 3 unspecified atom stereocenters. The summed E-state index contributed by atoms with van der Waals surface area (Å²) in [4.78, 5) is 0. The maximum atomic E-state index is 6.24. The summed E-state index contributed by atoms with van der Waals surface area (Å²) >= 11 is 0. The van der Waals surface area contributed by atoms with Crippen molar-refractivity contribution in [1.29, 1.82) is 0 Å². The highest BCUT2D eigenvalue weighted by atomic mass is 16.5. The molecule has 1 aliphatic carbocycles. The molecule has 0 aromatic carbocycles. The van der Waals surface area contributed by atoms with Crippen molar-refractivity contribution in [2.75, 3.05) is 26.4 Å². The van der Waals surface area contributed by atoms with Gasteiger partial charge in [0, 0.05) is 25.9 Å². The third kappa shape index (κ3) is 3.46. The minimum absolute atomic E-state index is 0.152. The lowest BCUT2D eigenvalue weighted by molar-refractivity contribution is -0.160. The van der Waals surface area contributed by atoms with Gasteiger partial charge in [0.1, 0.15) is 0 Å². The molecule has 2 heterocycles. The van der Waals surface area contributed by atoms with Gasteiger partial charge < -0.3 is 14.8 Å². The summed E-state index contributed by atoms with van der Waals surface area (Å²) in [5.41, 5.74) is 0.680. The van der Waals surface area contributed by atoms with E-state index in [2.05, 4.69) is 19.2 Å². The molecule has 3 aliphatic rings. The standard InChI is InChI=1S/C18H33NO2/c1-3-9-19-16-4-6-17(2,14-16)15-5-10-21-18(13-15)7-11-20-12-8-18/h15-16,19H,3-14H2,1-2H3. The van der Waals surface area contributed by atoms with Gasteiger partial charge in [-0.2, -0.15) is 0 Å². The van der Waals surface area contributed by atoms with E-state index >= 15 is 0 Å². The first-order valence-corrected chi connectivity index (χ1v) is 9.11. The molecule has 3 fully saturated rings. The highest BCUT2D eigenvalue weighted by Gasteiger charge is 2.47. The molecule has 0 amide bonds. The van der Waals surface area contributed by atoms with E-state index < -0.39 is 0 Å². The average molecular weight is 295 g/mol. The van der Waals surface area contributed by atoms with E-state index in [1.807, 2.05) is 0 Å². The molecule has 0 radical (unpaired) electrons. The second kappa shape index (κ2) is 6.55. The summed E-state index contributed by atoms with van der Waals surface area (Å²) in [5.74, 6) is 0.845. The van der Waals surface area contributed by atoms with Crippen LogP contribution in [0.1, 0.15) is 65.2 Å². The lowest BCUT2D eigenvalue weighted by Crippen LogP contribution is -2.47. The fourth-order valence-corrected chi connectivity index (χ4v) is 4.88. The van der Waals surface area contributed by atoms with Crippen LogP contribution in [0.5, 0.6) is 0 Å². The molecule has 1 spiro atoms. The molecule has 3 atom stereocenters. The van der Waals surface area contributed by atoms with Gasteiger partial charge in [-0.1, -0.05) is 13.8 Å². The first kappa shape index (κ1) is 15.8. The minimum atomic E-state index is 0.152. The molecular formula is C18H33NO2. The van der Waals surface area contributed by atoms with Crippen LogP contribution in [0.2, 0.25) is 0 Å². The van der Waals surface area contributed by atoms with Crippen LogP contribution in [0.15, 0.2) is 0 Å². The van der Waals surface area contributed by atoms with Crippen molar-refractivity contribution in [2.24, 2.45) is 11.3 Å². The van der Waals surface area contributed by atoms with Crippen LogP contribution in [0.3, 0.4) is 0 Å². The SMILES string of the molecule is CCCNC1CCC(C)(C2CCOC3(CCOCC3)C2)C1. The van der Waals surface area contributed by atoms with Crippen molar-refractivity contribution in [3.63, 3.8) is 0 Å². The quantitative estimate of drug-likeness (QED) is 0.861. The van der Waals surface area contributed by atoms with E-state index in [0.29, 0.717) is 5.41 Å². The number of hydrogen-bond acceptors (Lipinski definition) is 3. The smallest absolute Gasteiger partial charge is 0.0729 e. The van der Waals surface area contributed by atoms with Crippen LogP contribution in [-0.4, -0.2) is 38.0 Å². The van der Waals surface area contributed by atoms with E-state index in [9.17, 15) is 0 Å². The third-order valence-electron chi connectivity index (χ3n) is 6.34. The monoisotopic (exact) mass is 295 g/mol. The van der Waals surface area contributed by atoms with E-state index in [0.717, 1.165) is 44.6 Å². The first-order chi connectivity index (χ1) is 10.2. The molecule has 0 bridgehead atoms. The normalized spacial score (nSPS) is 39.7. The molecule has 21 heavy (non-hydrogen) atoms. The highest BCUT2D eigenvalue weighted by molar-refractivity contribution is 4.99. The molecule has 3 nitrogen and oxygen atoms in total. The van der Waals surface area contributed by atoms with Gasteiger partial charge in [0.15, 0.2) is 0 Å². The Bertz CT molecular complexity index is 335. The van der Waals surface area contributed by atoms with Crippen LogP contribution in [0.25, 0.3) is 0 Å². The van der Waals surface area contributed by atoms with E-state index in [1.165, 1.54) is 45.1 Å². The zero-order valence-electron chi connectivity index (χ0n) is 14.0. The maximum Gasteiger partial charge on any atom is 0.0729 e. The van der Waals surface area contributed by atoms with E-state index in [-0.39, 0.29) is 5.60 Å². The van der Waals surface area contributed by atoms with Crippen molar-refractivity contribution in [3.8, 4) is 0 Å². The largest absolute Gasteiger partial charge is 0.381 e. The molecular weight excluding hydrogens is 262 g/mol. The van der Waals surface area contributed by atoms with Crippen LogP contribution in [0, 0.1) is 11.3 Å². The van der Waals surface area contributed by atoms with Crippen LogP contribution in [0.4, 0.5) is 0 Å². The predicted molar refractivity (Wildman–Crippen MR) is 85.5 cm³/mol. The minimum Gasteiger partial charge on any atom is -0.381 e. The summed E-state index contributed by atoms with van der Waals surface area (Å²) in [7, 11) is 0.